The molecule has 0 bridgehead atoms. The van der Waals surface area contributed by atoms with Crippen LogP contribution in [-0.4, -0.2) is 5.11 Å². The van der Waals surface area contributed by atoms with Gasteiger partial charge in [-0.1, -0.05) is 23.8 Å². The quantitative estimate of drug-likeness (QED) is 0.691. The summed E-state index contributed by atoms with van der Waals surface area (Å²) in [6.45, 7) is 1.92. The molecule has 2 nitrogen and oxygen atoms in total. The van der Waals surface area contributed by atoms with E-state index in [4.69, 9.17) is 4.42 Å². The Hall–Kier alpha value is -2.29. The first kappa shape index (κ1) is 10.8. The molecule has 0 amide bonds. The lowest BCUT2D eigenvalue weighted by Gasteiger charge is -2.01. The van der Waals surface area contributed by atoms with E-state index in [2.05, 4.69) is 0 Å². The molecule has 0 unspecified atom stereocenters. The van der Waals surface area contributed by atoms with Gasteiger partial charge in [0, 0.05) is 5.39 Å². The van der Waals surface area contributed by atoms with Crippen molar-refractivity contribution in [2.24, 2.45) is 0 Å². The molecule has 0 radical (unpaired) electrons. The van der Waals surface area contributed by atoms with Crippen LogP contribution < -0.4 is 0 Å². The summed E-state index contributed by atoms with van der Waals surface area (Å²) in [7, 11) is 0. The molecular formula is C15H11FO2. The summed E-state index contributed by atoms with van der Waals surface area (Å²) in [5.74, 6) is 0.197. The Morgan fingerprint density at radius 2 is 1.94 bits per heavy atom. The zero-order valence-corrected chi connectivity index (χ0v) is 9.77. The smallest absolute Gasteiger partial charge is 0.170 e. The monoisotopic (exact) mass is 242 g/mol. The van der Waals surface area contributed by atoms with Gasteiger partial charge in [0.05, 0.1) is 5.56 Å². The number of phenols is 1. The van der Waals surface area contributed by atoms with Crippen LogP contribution in [0, 0.1) is 12.7 Å². The van der Waals surface area contributed by atoms with Crippen molar-refractivity contribution in [1.82, 2.24) is 0 Å². The number of aromatic hydroxyl groups is 1. The van der Waals surface area contributed by atoms with Gasteiger partial charge in [0.15, 0.2) is 11.4 Å². The second-order valence-corrected chi connectivity index (χ2v) is 4.29. The molecule has 1 N–H and O–H groups in total. The number of para-hydroxylation sites is 1. The van der Waals surface area contributed by atoms with E-state index >= 15 is 0 Å². The summed E-state index contributed by atoms with van der Waals surface area (Å²) in [6, 6.07) is 11.7. The van der Waals surface area contributed by atoms with Gasteiger partial charge in [-0.3, -0.25) is 0 Å². The van der Waals surface area contributed by atoms with E-state index in [0.717, 1.165) is 5.56 Å². The van der Waals surface area contributed by atoms with Crippen LogP contribution in [0.15, 0.2) is 46.9 Å². The third kappa shape index (κ3) is 1.64. The molecule has 18 heavy (non-hydrogen) atoms. The highest BCUT2D eigenvalue weighted by Gasteiger charge is 2.12. The molecular weight excluding hydrogens is 231 g/mol. The van der Waals surface area contributed by atoms with Crippen molar-refractivity contribution in [3.05, 3.63) is 53.8 Å². The van der Waals surface area contributed by atoms with Crippen LogP contribution in [0.4, 0.5) is 4.39 Å². The van der Waals surface area contributed by atoms with Gasteiger partial charge in [0.2, 0.25) is 0 Å². The fraction of sp³-hybridized carbons (Fsp3) is 0.0667. The lowest BCUT2D eigenvalue weighted by atomic mass is 10.1. The standard InChI is InChI=1S/C15H11FO2/c1-9-5-6-13(17)11(7-9)14-8-10-3-2-4-12(16)15(10)18-14/h2-8,17H,1H3. The Morgan fingerprint density at radius 3 is 2.72 bits per heavy atom. The topological polar surface area (TPSA) is 33.4 Å². The van der Waals surface area contributed by atoms with E-state index in [0.29, 0.717) is 16.7 Å². The molecule has 0 saturated carbocycles. The van der Waals surface area contributed by atoms with Crippen molar-refractivity contribution < 1.29 is 13.9 Å². The molecule has 0 fully saturated rings. The Labute approximate surface area is 103 Å². The highest BCUT2D eigenvalue weighted by molar-refractivity contribution is 5.84. The van der Waals surface area contributed by atoms with Crippen molar-refractivity contribution in [2.75, 3.05) is 0 Å². The number of rotatable bonds is 1. The van der Waals surface area contributed by atoms with E-state index in [1.54, 1.807) is 24.3 Å². The zero-order chi connectivity index (χ0) is 12.7. The maximum atomic E-state index is 13.5. The van der Waals surface area contributed by atoms with Gasteiger partial charge in [-0.05, 0) is 31.2 Å². The molecule has 1 aromatic heterocycles. The maximum absolute atomic E-state index is 13.5. The van der Waals surface area contributed by atoms with E-state index in [1.807, 2.05) is 19.1 Å². The maximum Gasteiger partial charge on any atom is 0.170 e. The summed E-state index contributed by atoms with van der Waals surface area (Å²) >= 11 is 0. The number of hydrogen-bond acceptors (Lipinski definition) is 2. The Morgan fingerprint density at radius 1 is 1.11 bits per heavy atom. The molecule has 0 atom stereocenters. The lowest BCUT2D eigenvalue weighted by Crippen LogP contribution is -1.78. The highest BCUT2D eigenvalue weighted by atomic mass is 19.1. The van der Waals surface area contributed by atoms with E-state index in [9.17, 15) is 9.50 Å². The summed E-state index contributed by atoms with van der Waals surface area (Å²) in [6.07, 6.45) is 0. The van der Waals surface area contributed by atoms with E-state index in [1.165, 1.54) is 6.07 Å². The largest absolute Gasteiger partial charge is 0.507 e. The van der Waals surface area contributed by atoms with E-state index in [-0.39, 0.29) is 11.3 Å². The predicted octanol–water partition coefficient (Wildman–Crippen LogP) is 4.25. The molecule has 0 saturated heterocycles. The van der Waals surface area contributed by atoms with Crippen LogP contribution in [0.2, 0.25) is 0 Å². The summed E-state index contributed by atoms with van der Waals surface area (Å²) < 4.78 is 19.0. The van der Waals surface area contributed by atoms with Crippen LogP contribution in [-0.2, 0) is 0 Å². The summed E-state index contributed by atoms with van der Waals surface area (Å²) in [4.78, 5) is 0. The number of benzene rings is 2. The minimum Gasteiger partial charge on any atom is -0.507 e. The zero-order valence-electron chi connectivity index (χ0n) is 9.77. The lowest BCUT2D eigenvalue weighted by molar-refractivity contribution is 0.474. The minimum atomic E-state index is -0.397. The second-order valence-electron chi connectivity index (χ2n) is 4.29. The first-order valence-corrected chi connectivity index (χ1v) is 5.63. The van der Waals surface area contributed by atoms with Crippen LogP contribution >= 0.6 is 0 Å². The predicted molar refractivity (Wildman–Crippen MR) is 68.0 cm³/mol. The van der Waals surface area contributed by atoms with Crippen LogP contribution in [0.25, 0.3) is 22.3 Å². The Kier molecular flexibility index (Phi) is 2.33. The van der Waals surface area contributed by atoms with Gasteiger partial charge < -0.3 is 9.52 Å². The van der Waals surface area contributed by atoms with Crippen molar-refractivity contribution in [3.8, 4) is 17.1 Å². The second kappa shape index (κ2) is 3.88. The van der Waals surface area contributed by atoms with Crippen molar-refractivity contribution >= 4 is 11.0 Å². The number of halogens is 1. The average Bonchev–Trinajstić information content (AvgIpc) is 2.77. The van der Waals surface area contributed by atoms with Crippen molar-refractivity contribution in [3.63, 3.8) is 0 Å². The van der Waals surface area contributed by atoms with Gasteiger partial charge in [-0.25, -0.2) is 4.39 Å². The Balaban J connectivity index is 2.26. The number of phenolic OH excluding ortho intramolecular Hbond substituents is 1. The number of hydrogen-bond donors (Lipinski definition) is 1. The summed E-state index contributed by atoms with van der Waals surface area (Å²) in [5, 5.41) is 10.5. The SMILES string of the molecule is Cc1ccc(O)c(-c2cc3cccc(F)c3o2)c1. The average molecular weight is 242 g/mol. The van der Waals surface area contributed by atoms with E-state index < -0.39 is 5.82 Å². The van der Waals surface area contributed by atoms with Crippen LogP contribution in [0.5, 0.6) is 5.75 Å². The molecule has 1 heterocycles. The number of aryl methyl sites for hydroxylation is 1. The fourth-order valence-corrected chi connectivity index (χ4v) is 2.01. The molecule has 0 spiro atoms. The normalized spacial score (nSPS) is 11.0. The van der Waals surface area contributed by atoms with Gasteiger partial charge >= 0.3 is 0 Å². The molecule has 2 aromatic carbocycles. The number of furan rings is 1. The Bertz CT molecular complexity index is 728. The molecule has 90 valence electrons. The van der Waals surface area contributed by atoms with Crippen molar-refractivity contribution in [2.45, 2.75) is 6.92 Å². The number of fused-ring (bicyclic) bond motifs is 1. The molecule has 0 aliphatic heterocycles. The van der Waals surface area contributed by atoms with Gasteiger partial charge in [0.25, 0.3) is 0 Å². The third-order valence-corrected chi connectivity index (χ3v) is 2.91. The van der Waals surface area contributed by atoms with Gasteiger partial charge in [-0.2, -0.15) is 0 Å². The molecule has 3 heteroatoms. The van der Waals surface area contributed by atoms with Crippen LogP contribution in [0.1, 0.15) is 5.56 Å². The van der Waals surface area contributed by atoms with Crippen LogP contribution in [0.3, 0.4) is 0 Å². The molecule has 0 aliphatic carbocycles. The molecule has 0 aliphatic rings. The first-order chi connectivity index (χ1) is 8.65. The van der Waals surface area contributed by atoms with Gasteiger partial charge in [0.1, 0.15) is 11.5 Å². The third-order valence-electron chi connectivity index (χ3n) is 2.91. The van der Waals surface area contributed by atoms with Gasteiger partial charge in [-0.15, -0.1) is 0 Å². The minimum absolute atomic E-state index is 0.125. The molecule has 3 rings (SSSR count). The molecule has 3 aromatic rings. The summed E-state index contributed by atoms with van der Waals surface area (Å²) in [5.41, 5.74) is 1.79. The first-order valence-electron chi connectivity index (χ1n) is 5.63. The highest BCUT2D eigenvalue weighted by Crippen LogP contribution is 2.34. The fourth-order valence-electron chi connectivity index (χ4n) is 2.01. The van der Waals surface area contributed by atoms with Crippen molar-refractivity contribution in [1.29, 1.82) is 0 Å².